The second-order valence-electron chi connectivity index (χ2n) is 7.50. The van der Waals surface area contributed by atoms with Crippen molar-refractivity contribution in [1.29, 1.82) is 0 Å². The van der Waals surface area contributed by atoms with Gasteiger partial charge in [-0.2, -0.15) is 0 Å². The minimum Gasteiger partial charge on any atom is -0.467 e. The Hall–Kier alpha value is -4.25. The number of hydrogen-bond acceptors (Lipinski definition) is 9. The van der Waals surface area contributed by atoms with Crippen molar-refractivity contribution in [3.05, 3.63) is 75.6 Å². The first-order valence-corrected chi connectivity index (χ1v) is 11.4. The van der Waals surface area contributed by atoms with E-state index in [1.54, 1.807) is 32.0 Å². The van der Waals surface area contributed by atoms with Crippen LogP contribution in [-0.4, -0.2) is 47.8 Å². The summed E-state index contributed by atoms with van der Waals surface area (Å²) >= 11 is 1.05. The summed E-state index contributed by atoms with van der Waals surface area (Å²) in [6, 6.07) is 8.91. The zero-order valence-corrected chi connectivity index (χ0v) is 19.6. The Morgan fingerprint density at radius 1 is 1.03 bits per heavy atom. The van der Waals surface area contributed by atoms with Crippen LogP contribution in [-0.2, 0) is 20.8 Å². The number of rotatable bonds is 8. The van der Waals surface area contributed by atoms with Crippen molar-refractivity contribution >= 4 is 46.0 Å². The first-order valence-electron chi connectivity index (χ1n) is 10.6. The second kappa shape index (κ2) is 9.94. The quantitative estimate of drug-likeness (QED) is 0.371. The molecule has 1 aliphatic heterocycles. The number of hydrogen-bond donors (Lipinski definition) is 1. The van der Waals surface area contributed by atoms with E-state index in [0.717, 1.165) is 16.2 Å². The molecule has 0 aliphatic carbocycles. The number of nitrogens with one attached hydrogen (secondary N) is 1. The van der Waals surface area contributed by atoms with E-state index in [1.165, 1.54) is 24.5 Å². The Morgan fingerprint density at radius 2 is 1.80 bits per heavy atom. The molecule has 35 heavy (non-hydrogen) atoms. The molecule has 0 atom stereocenters. The number of furan rings is 1. The number of esters is 2. The fourth-order valence-electron chi connectivity index (χ4n) is 3.45. The summed E-state index contributed by atoms with van der Waals surface area (Å²) in [7, 11) is 0. The van der Waals surface area contributed by atoms with Crippen LogP contribution in [0.1, 0.15) is 59.0 Å². The number of fused-ring (bicyclic) bond motifs is 1. The Balaban J connectivity index is 1.37. The molecule has 4 rings (SSSR count). The monoisotopic (exact) mass is 496 g/mol. The zero-order valence-electron chi connectivity index (χ0n) is 18.8. The van der Waals surface area contributed by atoms with E-state index in [1.807, 2.05) is 0 Å². The van der Waals surface area contributed by atoms with Crippen LogP contribution in [0.3, 0.4) is 0 Å². The molecule has 180 valence electrons. The number of carbonyl (C=O) groups is 5. The molecule has 1 aliphatic rings. The van der Waals surface area contributed by atoms with Gasteiger partial charge in [0.05, 0.1) is 41.1 Å². The van der Waals surface area contributed by atoms with Gasteiger partial charge in [-0.15, -0.1) is 11.3 Å². The highest BCUT2D eigenvalue weighted by Gasteiger charge is 2.36. The Labute approximate surface area is 203 Å². The van der Waals surface area contributed by atoms with Gasteiger partial charge in [0.1, 0.15) is 10.6 Å². The summed E-state index contributed by atoms with van der Waals surface area (Å²) in [5, 5.41) is 2.98. The maximum absolute atomic E-state index is 12.7. The number of carbonyl (C=O) groups excluding carboxylic acids is 5. The largest absolute Gasteiger partial charge is 0.467 e. The van der Waals surface area contributed by atoms with Gasteiger partial charge in [0.25, 0.3) is 17.7 Å². The first kappa shape index (κ1) is 23.9. The summed E-state index contributed by atoms with van der Waals surface area (Å²) in [5.74, 6) is -2.52. The van der Waals surface area contributed by atoms with Crippen LogP contribution < -0.4 is 5.32 Å². The molecule has 2 aromatic heterocycles. The van der Waals surface area contributed by atoms with Gasteiger partial charge in [0, 0.05) is 0 Å². The van der Waals surface area contributed by atoms with Gasteiger partial charge in [-0.1, -0.05) is 0 Å². The SMILES string of the molecule is CCOC(=O)c1sc(NC(=O)COC(=O)c2ccc3c(c2)C(=O)N(Cc2ccco2)C3=O)cc1C. The molecule has 1 aromatic carbocycles. The third-order valence-electron chi connectivity index (χ3n) is 5.08. The lowest BCUT2D eigenvalue weighted by molar-refractivity contribution is -0.119. The molecule has 0 fully saturated rings. The highest BCUT2D eigenvalue weighted by atomic mass is 32.1. The Kier molecular flexibility index (Phi) is 6.78. The third-order valence-corrected chi connectivity index (χ3v) is 6.21. The van der Waals surface area contributed by atoms with Gasteiger partial charge < -0.3 is 19.2 Å². The Morgan fingerprint density at radius 3 is 2.51 bits per heavy atom. The van der Waals surface area contributed by atoms with E-state index in [9.17, 15) is 24.0 Å². The van der Waals surface area contributed by atoms with Crippen LogP contribution in [0.2, 0.25) is 0 Å². The predicted octanol–water partition coefficient (Wildman–Crippen LogP) is 3.42. The predicted molar refractivity (Wildman–Crippen MR) is 123 cm³/mol. The maximum Gasteiger partial charge on any atom is 0.348 e. The number of thiophene rings is 1. The van der Waals surface area contributed by atoms with E-state index in [-0.39, 0.29) is 29.8 Å². The molecule has 3 amide bonds. The van der Waals surface area contributed by atoms with Gasteiger partial charge >= 0.3 is 11.9 Å². The molecule has 1 N–H and O–H groups in total. The first-order chi connectivity index (χ1) is 16.8. The lowest BCUT2D eigenvalue weighted by Gasteiger charge is -2.11. The molecule has 3 heterocycles. The number of nitrogens with zero attached hydrogens (tertiary/aromatic N) is 1. The minimum atomic E-state index is -0.831. The van der Waals surface area contributed by atoms with E-state index in [0.29, 0.717) is 21.2 Å². The highest BCUT2D eigenvalue weighted by molar-refractivity contribution is 7.18. The van der Waals surface area contributed by atoms with Crippen LogP contribution in [0.25, 0.3) is 0 Å². The van der Waals surface area contributed by atoms with Crippen LogP contribution in [0.4, 0.5) is 5.00 Å². The molecule has 3 aromatic rings. The fourth-order valence-corrected chi connectivity index (χ4v) is 4.43. The van der Waals surface area contributed by atoms with Crippen molar-refractivity contribution < 1.29 is 37.9 Å². The number of ether oxygens (including phenoxy) is 2. The summed E-state index contributed by atoms with van der Waals surface area (Å²) in [6.45, 7) is 3.04. The number of imide groups is 1. The normalized spacial score (nSPS) is 12.5. The summed E-state index contributed by atoms with van der Waals surface area (Å²) in [6.07, 6.45) is 1.44. The molecule has 10 nitrogen and oxygen atoms in total. The molecule has 0 saturated heterocycles. The zero-order chi connectivity index (χ0) is 25.1. The van der Waals surface area contributed by atoms with Gasteiger partial charge in [-0.25, -0.2) is 9.59 Å². The van der Waals surface area contributed by atoms with Gasteiger partial charge in [-0.3, -0.25) is 19.3 Å². The van der Waals surface area contributed by atoms with Gasteiger partial charge in [0.15, 0.2) is 6.61 Å². The van der Waals surface area contributed by atoms with Crippen LogP contribution in [0.5, 0.6) is 0 Å². The van der Waals surface area contributed by atoms with Crippen LogP contribution >= 0.6 is 11.3 Å². The van der Waals surface area contributed by atoms with E-state index in [2.05, 4.69) is 5.32 Å². The standard InChI is InChI=1S/C24H20N2O8S/c1-3-32-24(31)20-13(2)9-19(35-20)25-18(27)12-34-23(30)14-6-7-16-17(10-14)22(29)26(21(16)28)11-15-5-4-8-33-15/h4-10H,3,11-12H2,1-2H3,(H,25,27). The van der Waals surface area contributed by atoms with Gasteiger partial charge in [0.2, 0.25) is 0 Å². The smallest absolute Gasteiger partial charge is 0.348 e. The van der Waals surface area contributed by atoms with Crippen molar-refractivity contribution in [3.8, 4) is 0 Å². The average molecular weight is 496 g/mol. The van der Waals surface area contributed by atoms with Crippen LogP contribution in [0.15, 0.2) is 47.1 Å². The van der Waals surface area contributed by atoms with Crippen molar-refractivity contribution in [1.82, 2.24) is 4.90 Å². The van der Waals surface area contributed by atoms with Crippen molar-refractivity contribution in [3.63, 3.8) is 0 Å². The summed E-state index contributed by atoms with van der Waals surface area (Å²) < 4.78 is 15.2. The number of benzene rings is 1. The average Bonchev–Trinajstić information content (AvgIpc) is 3.54. The number of amides is 3. The van der Waals surface area contributed by atoms with Crippen molar-refractivity contribution in [2.75, 3.05) is 18.5 Å². The summed E-state index contributed by atoms with van der Waals surface area (Å²) in [4.78, 5) is 63.3. The topological polar surface area (TPSA) is 132 Å². The van der Waals surface area contributed by atoms with E-state index < -0.39 is 36.3 Å². The molecule has 0 spiro atoms. The second-order valence-corrected chi connectivity index (χ2v) is 8.56. The number of anilines is 1. The third kappa shape index (κ3) is 4.99. The molecular formula is C24H20N2O8S. The lowest BCUT2D eigenvalue weighted by atomic mass is 10.1. The molecule has 11 heteroatoms. The van der Waals surface area contributed by atoms with E-state index in [4.69, 9.17) is 13.9 Å². The molecule has 0 saturated carbocycles. The van der Waals surface area contributed by atoms with E-state index >= 15 is 0 Å². The molecular weight excluding hydrogens is 476 g/mol. The minimum absolute atomic E-state index is 0.0223. The number of aryl methyl sites for hydroxylation is 1. The molecule has 0 unspecified atom stereocenters. The molecule has 0 bridgehead atoms. The van der Waals surface area contributed by atoms with Crippen LogP contribution in [0, 0.1) is 6.92 Å². The lowest BCUT2D eigenvalue weighted by Crippen LogP contribution is -2.28. The van der Waals surface area contributed by atoms with Gasteiger partial charge in [-0.05, 0) is 55.8 Å². The van der Waals surface area contributed by atoms with Crippen molar-refractivity contribution in [2.45, 2.75) is 20.4 Å². The Bertz CT molecular complexity index is 1330. The maximum atomic E-state index is 12.7. The fraction of sp³-hybridized carbons (Fsp3) is 0.208. The highest BCUT2D eigenvalue weighted by Crippen LogP contribution is 2.28. The molecule has 0 radical (unpaired) electrons. The summed E-state index contributed by atoms with van der Waals surface area (Å²) in [5.41, 5.74) is 0.913. The van der Waals surface area contributed by atoms with Crippen molar-refractivity contribution in [2.24, 2.45) is 0 Å².